The van der Waals surface area contributed by atoms with E-state index in [2.05, 4.69) is 20.0 Å². The number of hydrogen-bond acceptors (Lipinski definition) is 5. The van der Waals surface area contributed by atoms with Crippen LogP contribution >= 0.6 is 0 Å². The van der Waals surface area contributed by atoms with E-state index in [-0.39, 0.29) is 12.8 Å². The van der Waals surface area contributed by atoms with E-state index in [9.17, 15) is 22.8 Å². The van der Waals surface area contributed by atoms with Gasteiger partial charge >= 0.3 is 18.1 Å². The largest absolute Gasteiger partial charge is 0.494 e. The molecule has 0 aromatic heterocycles. The minimum atomic E-state index is -4.58. The number of esters is 2. The maximum absolute atomic E-state index is 13.6. The average molecular weight is 753 g/mol. The number of fused-ring (bicyclic) bond motifs is 1. The van der Waals surface area contributed by atoms with Crippen LogP contribution in [0.25, 0.3) is 11.1 Å². The molecule has 0 amide bonds. The lowest BCUT2D eigenvalue weighted by Gasteiger charge is -2.27. The van der Waals surface area contributed by atoms with Gasteiger partial charge in [-0.15, -0.1) is 0 Å². The van der Waals surface area contributed by atoms with Crippen LogP contribution in [0.15, 0.2) is 66.7 Å². The first kappa shape index (κ1) is 42.2. The van der Waals surface area contributed by atoms with E-state index >= 15 is 0 Å². The van der Waals surface area contributed by atoms with Gasteiger partial charge < -0.3 is 14.2 Å². The monoisotopic (exact) mass is 752 g/mol. The number of halogens is 3. The van der Waals surface area contributed by atoms with E-state index < -0.39 is 38.2 Å². The summed E-state index contributed by atoms with van der Waals surface area (Å²) in [6.45, 7) is 10.0. The number of unbranched alkanes of at least 4 members (excludes halogenated alkanes) is 7. The van der Waals surface area contributed by atoms with E-state index in [1.807, 2.05) is 43.3 Å². The molecular weight excluding hydrogens is 694 g/mol. The third-order valence-corrected chi connectivity index (χ3v) is 13.8. The summed E-state index contributed by atoms with van der Waals surface area (Å²) in [5.41, 5.74) is 4.16. The molecule has 1 aliphatic rings. The van der Waals surface area contributed by atoms with Gasteiger partial charge in [-0.3, -0.25) is 4.79 Å². The fourth-order valence-corrected chi connectivity index (χ4v) is 9.78. The second kappa shape index (κ2) is 20.8. The molecule has 0 saturated heterocycles. The van der Waals surface area contributed by atoms with Crippen molar-refractivity contribution in [3.05, 3.63) is 83.4 Å². The molecule has 0 N–H and O–H groups in total. The number of carbonyl (C=O) groups is 2. The highest BCUT2D eigenvalue weighted by molar-refractivity contribution is 6.77. The minimum absolute atomic E-state index is 0.210. The Bertz CT molecular complexity index is 1570. The summed E-state index contributed by atoms with van der Waals surface area (Å²) in [5, 5.41) is 0. The van der Waals surface area contributed by atoms with Gasteiger partial charge in [0, 0.05) is 8.07 Å². The number of rotatable bonds is 21. The van der Waals surface area contributed by atoms with Gasteiger partial charge in [0.1, 0.15) is 11.5 Å². The molecule has 0 bridgehead atoms. The van der Waals surface area contributed by atoms with Crippen LogP contribution < -0.4 is 9.47 Å². The lowest BCUT2D eigenvalue weighted by Crippen LogP contribution is -2.37. The molecule has 3 aromatic carbocycles. The number of aryl methyl sites for hydroxylation is 1. The highest BCUT2D eigenvalue weighted by Crippen LogP contribution is 2.33. The molecule has 9 heteroatoms. The van der Waals surface area contributed by atoms with E-state index in [4.69, 9.17) is 14.2 Å². The molecule has 0 saturated carbocycles. The molecule has 290 valence electrons. The maximum Gasteiger partial charge on any atom is 0.425 e. The standard InChI is InChI=1S/C44H59F3O5Si/c1-5-7-9-12-15-41(44(45,46)47)52-43(49)38-21-20-37-32-40(27-24-36(37)31-38)51-42(48)35-18-16-33(17-19-35)34-22-25-39(26-23-34)50-28-13-10-11-14-30-53(3,4)29-8-6-2/h16-19,22-27,32,38,41H,5-15,20-21,28-31H2,1-4H3/t38?,41-/m1/s1. The molecule has 3 aromatic rings. The molecular formula is C44H59F3O5Si. The van der Waals surface area contributed by atoms with E-state index in [0.717, 1.165) is 53.9 Å². The average Bonchev–Trinajstić information content (AvgIpc) is 3.14. The van der Waals surface area contributed by atoms with Gasteiger partial charge in [-0.25, -0.2) is 4.79 Å². The Morgan fingerprint density at radius 1 is 0.755 bits per heavy atom. The van der Waals surface area contributed by atoms with E-state index in [1.165, 1.54) is 44.2 Å². The smallest absolute Gasteiger partial charge is 0.425 e. The fraction of sp³-hybridized carbons (Fsp3) is 0.545. The maximum atomic E-state index is 13.6. The van der Waals surface area contributed by atoms with Crippen LogP contribution in [0, 0.1) is 5.92 Å². The first-order valence-corrected chi connectivity index (χ1v) is 23.2. The topological polar surface area (TPSA) is 61.8 Å². The lowest BCUT2D eigenvalue weighted by atomic mass is 9.84. The Labute approximate surface area is 316 Å². The normalized spacial score (nSPS) is 15.0. The van der Waals surface area contributed by atoms with Gasteiger partial charge in [-0.1, -0.05) is 121 Å². The van der Waals surface area contributed by atoms with E-state index in [1.54, 1.807) is 30.3 Å². The van der Waals surface area contributed by atoms with Crippen molar-refractivity contribution in [2.75, 3.05) is 6.61 Å². The van der Waals surface area contributed by atoms with Crippen LogP contribution in [0.5, 0.6) is 11.5 Å². The summed E-state index contributed by atoms with van der Waals surface area (Å²) in [6.07, 6.45) is 4.64. The summed E-state index contributed by atoms with van der Waals surface area (Å²) in [7, 11) is -1.01. The number of alkyl halides is 3. The third-order valence-electron chi connectivity index (χ3n) is 10.4. The molecule has 5 nitrogen and oxygen atoms in total. The van der Waals surface area contributed by atoms with E-state index in [0.29, 0.717) is 37.0 Å². The molecule has 0 aliphatic heterocycles. The van der Waals surface area contributed by atoms with Gasteiger partial charge in [0.25, 0.3) is 0 Å². The summed E-state index contributed by atoms with van der Waals surface area (Å²) in [6, 6.07) is 23.3. The van der Waals surface area contributed by atoms with Gasteiger partial charge in [-0.2, -0.15) is 13.2 Å². The van der Waals surface area contributed by atoms with Crippen LogP contribution in [0.3, 0.4) is 0 Å². The minimum Gasteiger partial charge on any atom is -0.494 e. The SMILES string of the molecule is CCCCCC[C@@H](OC(=O)C1CCc2cc(OC(=O)c3ccc(-c4ccc(OCCCCCC[Si](C)(C)CCCC)cc4)cc3)ccc2C1)C(F)(F)F. The molecule has 53 heavy (non-hydrogen) atoms. The van der Waals surface area contributed by atoms with Gasteiger partial charge in [0.2, 0.25) is 0 Å². The summed E-state index contributed by atoms with van der Waals surface area (Å²) >= 11 is 0. The van der Waals surface area contributed by atoms with Crippen molar-refractivity contribution in [1.82, 2.24) is 0 Å². The quantitative estimate of drug-likeness (QED) is 0.0469. The second-order valence-corrected chi connectivity index (χ2v) is 20.8. The highest BCUT2D eigenvalue weighted by Gasteiger charge is 2.43. The number of carbonyl (C=O) groups excluding carboxylic acids is 2. The zero-order valence-corrected chi connectivity index (χ0v) is 33.2. The van der Waals surface area contributed by atoms with Crippen molar-refractivity contribution in [2.24, 2.45) is 5.92 Å². The molecule has 0 heterocycles. The first-order valence-electron chi connectivity index (χ1n) is 19.8. The Morgan fingerprint density at radius 2 is 1.38 bits per heavy atom. The summed E-state index contributed by atoms with van der Waals surface area (Å²) in [4.78, 5) is 25.8. The summed E-state index contributed by atoms with van der Waals surface area (Å²) in [5.74, 6) is -0.696. The van der Waals surface area contributed by atoms with Crippen molar-refractivity contribution in [3.8, 4) is 22.6 Å². The van der Waals surface area contributed by atoms with Crippen molar-refractivity contribution in [3.63, 3.8) is 0 Å². The number of benzene rings is 3. The molecule has 0 radical (unpaired) electrons. The lowest BCUT2D eigenvalue weighted by molar-refractivity contribution is -0.225. The number of hydrogen-bond donors (Lipinski definition) is 0. The van der Waals surface area contributed by atoms with Crippen molar-refractivity contribution < 1.29 is 37.0 Å². The summed E-state index contributed by atoms with van der Waals surface area (Å²) < 4.78 is 57.4. The molecule has 1 aliphatic carbocycles. The van der Waals surface area contributed by atoms with Crippen LogP contribution in [0.1, 0.15) is 112 Å². The van der Waals surface area contributed by atoms with Crippen LogP contribution in [0.2, 0.25) is 25.2 Å². The first-order chi connectivity index (χ1) is 25.4. The molecule has 0 fully saturated rings. The van der Waals surface area contributed by atoms with Crippen molar-refractivity contribution in [2.45, 2.75) is 141 Å². The predicted octanol–water partition coefficient (Wildman–Crippen LogP) is 12.6. The van der Waals surface area contributed by atoms with Gasteiger partial charge in [0.05, 0.1) is 18.1 Å². The Morgan fingerprint density at radius 3 is 2.06 bits per heavy atom. The fourth-order valence-electron chi connectivity index (χ4n) is 7.02. The van der Waals surface area contributed by atoms with Crippen LogP contribution in [0.4, 0.5) is 13.2 Å². The predicted molar refractivity (Wildman–Crippen MR) is 209 cm³/mol. The Kier molecular flexibility index (Phi) is 16.5. The van der Waals surface area contributed by atoms with Gasteiger partial charge in [-0.05, 0) is 97.2 Å². The molecule has 1 unspecified atom stereocenters. The number of ether oxygens (including phenoxy) is 3. The highest BCUT2D eigenvalue weighted by atomic mass is 28.3. The molecule has 0 spiro atoms. The van der Waals surface area contributed by atoms with Gasteiger partial charge in [0.15, 0.2) is 6.10 Å². The Balaban J connectivity index is 1.21. The van der Waals surface area contributed by atoms with Crippen molar-refractivity contribution in [1.29, 1.82) is 0 Å². The zero-order chi connectivity index (χ0) is 38.3. The zero-order valence-electron chi connectivity index (χ0n) is 32.2. The Hall–Kier alpha value is -3.59. The molecule has 2 atom stereocenters. The van der Waals surface area contributed by atoms with Crippen LogP contribution in [-0.2, 0) is 22.4 Å². The van der Waals surface area contributed by atoms with Crippen molar-refractivity contribution >= 4 is 20.0 Å². The third kappa shape index (κ3) is 14.0. The van der Waals surface area contributed by atoms with Crippen LogP contribution in [-0.4, -0.2) is 38.9 Å². The molecule has 4 rings (SSSR count). The second-order valence-electron chi connectivity index (χ2n) is 15.5.